The van der Waals surface area contributed by atoms with Crippen LogP contribution < -0.4 is 4.74 Å². The second-order valence-electron chi connectivity index (χ2n) is 5.82. The van der Waals surface area contributed by atoms with Gasteiger partial charge in [-0.05, 0) is 36.8 Å². The molecule has 0 unspecified atom stereocenters. The first-order chi connectivity index (χ1) is 13.3. The Morgan fingerprint density at radius 1 is 1.04 bits per heavy atom. The van der Waals surface area contributed by atoms with Crippen LogP contribution in [0.3, 0.4) is 0 Å². The van der Waals surface area contributed by atoms with E-state index in [-0.39, 0.29) is 11.9 Å². The minimum atomic E-state index is -0.0466. The summed E-state index contributed by atoms with van der Waals surface area (Å²) in [5.41, 5.74) is 1.68. The number of hydrogen-bond donors (Lipinski definition) is 0. The van der Waals surface area contributed by atoms with Gasteiger partial charge >= 0.3 is 6.01 Å². The second kappa shape index (κ2) is 9.29. The minimum absolute atomic E-state index is 0.0466. The van der Waals surface area contributed by atoms with Crippen molar-refractivity contribution in [3.63, 3.8) is 0 Å². The summed E-state index contributed by atoms with van der Waals surface area (Å²) in [5, 5.41) is 0. The molecule has 5 nitrogen and oxygen atoms in total. The molecule has 2 aromatic carbocycles. The van der Waals surface area contributed by atoms with Crippen LogP contribution in [0, 0.1) is 0 Å². The van der Waals surface area contributed by atoms with Crippen LogP contribution in [0.2, 0.25) is 0 Å². The number of amides is 1. The number of aromatic nitrogens is 2. The first kappa shape index (κ1) is 18.3. The van der Waals surface area contributed by atoms with E-state index >= 15 is 0 Å². The smallest absolute Gasteiger partial charge is 0.321 e. The number of carbonyl (C=O) groups is 1. The zero-order valence-electron chi connectivity index (χ0n) is 15.2. The maximum absolute atomic E-state index is 12.8. The molecule has 0 saturated carbocycles. The lowest BCUT2D eigenvalue weighted by Gasteiger charge is -2.19. The Hall–Kier alpha value is -3.47. The van der Waals surface area contributed by atoms with E-state index in [1.165, 1.54) is 0 Å². The lowest BCUT2D eigenvalue weighted by atomic mass is 10.1. The molecule has 0 aliphatic carbocycles. The van der Waals surface area contributed by atoms with Gasteiger partial charge in [-0.1, -0.05) is 48.6 Å². The number of likely N-dealkylation sites (N-methyl/N-ethyl adjacent to an activating group) is 1. The number of hydrogen-bond acceptors (Lipinski definition) is 4. The SMILES string of the molecule is CCN(CC=Cc1ccccc1)C(=O)c1cccc(Oc2ncccn2)c1. The standard InChI is InChI=1S/C22H21N3O2/c1-2-25(16-7-11-18-9-4-3-5-10-18)21(26)19-12-6-13-20(17-19)27-22-23-14-8-15-24-22/h3-15,17H,2,16H2,1H3. The van der Waals surface area contributed by atoms with Gasteiger partial charge in [0.05, 0.1) is 0 Å². The van der Waals surface area contributed by atoms with Crippen molar-refractivity contribution in [1.29, 1.82) is 0 Å². The summed E-state index contributed by atoms with van der Waals surface area (Å²) < 4.78 is 5.61. The third-order valence-electron chi connectivity index (χ3n) is 3.94. The molecule has 3 rings (SSSR count). The molecule has 0 saturated heterocycles. The van der Waals surface area contributed by atoms with Crippen LogP contribution in [0.1, 0.15) is 22.8 Å². The molecule has 1 heterocycles. The maximum atomic E-state index is 12.8. The molecule has 1 amide bonds. The molecule has 0 fully saturated rings. The lowest BCUT2D eigenvalue weighted by Crippen LogP contribution is -2.30. The Balaban J connectivity index is 1.67. The Labute approximate surface area is 159 Å². The van der Waals surface area contributed by atoms with Crippen LogP contribution in [-0.2, 0) is 0 Å². The fraction of sp³-hybridized carbons (Fsp3) is 0.136. The van der Waals surface area contributed by atoms with Gasteiger partial charge in [0.15, 0.2) is 0 Å². The molecule has 0 aliphatic rings. The van der Waals surface area contributed by atoms with Gasteiger partial charge in [0.25, 0.3) is 5.91 Å². The summed E-state index contributed by atoms with van der Waals surface area (Å²) in [5.74, 6) is 0.484. The third-order valence-corrected chi connectivity index (χ3v) is 3.94. The second-order valence-corrected chi connectivity index (χ2v) is 5.82. The molecule has 5 heteroatoms. The lowest BCUT2D eigenvalue weighted by molar-refractivity contribution is 0.0782. The van der Waals surface area contributed by atoms with Crippen molar-refractivity contribution in [2.75, 3.05) is 13.1 Å². The van der Waals surface area contributed by atoms with Crippen LogP contribution in [0.25, 0.3) is 6.08 Å². The molecule has 3 aromatic rings. The van der Waals surface area contributed by atoms with Gasteiger partial charge < -0.3 is 9.64 Å². The minimum Gasteiger partial charge on any atom is -0.424 e. The van der Waals surface area contributed by atoms with Gasteiger partial charge in [-0.3, -0.25) is 4.79 Å². The molecule has 0 spiro atoms. The van der Waals surface area contributed by atoms with Crippen molar-refractivity contribution in [2.24, 2.45) is 0 Å². The van der Waals surface area contributed by atoms with Crippen molar-refractivity contribution in [3.05, 3.63) is 90.3 Å². The molecule has 0 bridgehead atoms. The highest BCUT2D eigenvalue weighted by atomic mass is 16.5. The highest BCUT2D eigenvalue weighted by Gasteiger charge is 2.14. The fourth-order valence-electron chi connectivity index (χ4n) is 2.55. The largest absolute Gasteiger partial charge is 0.424 e. The predicted octanol–water partition coefficient (Wildman–Crippen LogP) is 4.44. The fourth-order valence-corrected chi connectivity index (χ4v) is 2.55. The summed E-state index contributed by atoms with van der Waals surface area (Å²) >= 11 is 0. The van der Waals surface area contributed by atoms with Crippen molar-refractivity contribution in [3.8, 4) is 11.8 Å². The van der Waals surface area contributed by atoms with Gasteiger partial charge in [0.1, 0.15) is 5.75 Å². The first-order valence-corrected chi connectivity index (χ1v) is 8.82. The van der Waals surface area contributed by atoms with Crippen molar-refractivity contribution in [2.45, 2.75) is 6.92 Å². The van der Waals surface area contributed by atoms with E-state index in [0.29, 0.717) is 24.4 Å². The van der Waals surface area contributed by atoms with Crippen LogP contribution in [0.4, 0.5) is 0 Å². The molecule has 136 valence electrons. The average Bonchev–Trinajstić information content (AvgIpc) is 2.72. The van der Waals surface area contributed by atoms with Gasteiger partial charge in [0, 0.05) is 31.0 Å². The Kier molecular flexibility index (Phi) is 6.30. The number of benzene rings is 2. The highest BCUT2D eigenvalue weighted by molar-refractivity contribution is 5.94. The number of rotatable bonds is 7. The quantitative estimate of drug-likeness (QED) is 0.626. The van der Waals surface area contributed by atoms with Crippen LogP contribution in [0.15, 0.2) is 79.1 Å². The van der Waals surface area contributed by atoms with E-state index in [1.807, 2.05) is 49.4 Å². The third kappa shape index (κ3) is 5.25. The summed E-state index contributed by atoms with van der Waals surface area (Å²) in [6, 6.07) is 19.0. The zero-order chi connectivity index (χ0) is 18.9. The number of ether oxygens (including phenoxy) is 1. The van der Waals surface area contributed by atoms with E-state index in [0.717, 1.165) is 5.56 Å². The molecular formula is C22H21N3O2. The molecular weight excluding hydrogens is 338 g/mol. The number of carbonyl (C=O) groups excluding carboxylic acids is 1. The van der Waals surface area contributed by atoms with Gasteiger partial charge in [-0.2, -0.15) is 0 Å². The summed E-state index contributed by atoms with van der Waals surface area (Å²) in [4.78, 5) is 22.7. The first-order valence-electron chi connectivity index (χ1n) is 8.82. The highest BCUT2D eigenvalue weighted by Crippen LogP contribution is 2.19. The van der Waals surface area contributed by atoms with Crippen LogP contribution in [0.5, 0.6) is 11.8 Å². The van der Waals surface area contributed by atoms with E-state index in [1.54, 1.807) is 47.6 Å². The molecule has 0 N–H and O–H groups in total. The predicted molar refractivity (Wildman–Crippen MR) is 106 cm³/mol. The monoisotopic (exact) mass is 359 g/mol. The maximum Gasteiger partial charge on any atom is 0.321 e. The van der Waals surface area contributed by atoms with E-state index < -0.39 is 0 Å². The normalized spacial score (nSPS) is 10.7. The van der Waals surface area contributed by atoms with Crippen molar-refractivity contribution < 1.29 is 9.53 Å². The molecule has 0 radical (unpaired) electrons. The average molecular weight is 359 g/mol. The molecule has 27 heavy (non-hydrogen) atoms. The Bertz CT molecular complexity index is 896. The van der Waals surface area contributed by atoms with E-state index in [9.17, 15) is 4.79 Å². The Morgan fingerprint density at radius 2 is 1.81 bits per heavy atom. The topological polar surface area (TPSA) is 55.3 Å². The van der Waals surface area contributed by atoms with E-state index in [2.05, 4.69) is 9.97 Å². The van der Waals surface area contributed by atoms with Gasteiger partial charge in [-0.15, -0.1) is 0 Å². The van der Waals surface area contributed by atoms with E-state index in [4.69, 9.17) is 4.74 Å². The van der Waals surface area contributed by atoms with Gasteiger partial charge in [0.2, 0.25) is 0 Å². The summed E-state index contributed by atoms with van der Waals surface area (Å²) in [7, 11) is 0. The van der Waals surface area contributed by atoms with Gasteiger partial charge in [-0.25, -0.2) is 9.97 Å². The van der Waals surface area contributed by atoms with Crippen LogP contribution >= 0.6 is 0 Å². The molecule has 0 aliphatic heterocycles. The summed E-state index contributed by atoms with van der Waals surface area (Å²) in [6.45, 7) is 3.12. The molecule has 1 aromatic heterocycles. The van der Waals surface area contributed by atoms with Crippen LogP contribution in [-0.4, -0.2) is 33.9 Å². The number of nitrogens with zero attached hydrogens (tertiary/aromatic N) is 3. The van der Waals surface area contributed by atoms with Crippen molar-refractivity contribution in [1.82, 2.24) is 14.9 Å². The van der Waals surface area contributed by atoms with Crippen molar-refractivity contribution >= 4 is 12.0 Å². The Morgan fingerprint density at radius 3 is 2.56 bits per heavy atom. The summed E-state index contributed by atoms with van der Waals surface area (Å²) in [6.07, 6.45) is 7.22. The molecule has 0 atom stereocenters. The zero-order valence-corrected chi connectivity index (χ0v) is 15.2.